The molecule has 5 nitrogen and oxygen atoms in total. The van der Waals surface area contributed by atoms with Gasteiger partial charge in [-0.25, -0.2) is 4.79 Å². The van der Waals surface area contributed by atoms with Gasteiger partial charge < -0.3 is 15.7 Å². The van der Waals surface area contributed by atoms with Crippen molar-refractivity contribution >= 4 is 17.6 Å². The summed E-state index contributed by atoms with van der Waals surface area (Å²) in [6, 6.07) is 4.54. The third-order valence-corrected chi connectivity index (χ3v) is 3.69. The van der Waals surface area contributed by atoms with Crippen LogP contribution in [0, 0.1) is 5.41 Å². The molecule has 2 rings (SSSR count). The standard InChI is InChI=1S/C16H22N2O3/c1-16(2,3)13(15(20)21)18-14(19)11-6-7-12-10(9-11)5-4-8-17-12/h6-7,9,13,17H,4-5,8H2,1-3H3,(H,18,19)(H,20,21). The SMILES string of the molecule is CC(C)(C)C(NC(=O)c1ccc2c(c1)CCCN2)C(=O)O. The van der Waals surface area contributed by atoms with E-state index in [0.29, 0.717) is 5.56 Å². The smallest absolute Gasteiger partial charge is 0.326 e. The number of anilines is 1. The molecule has 1 unspecified atom stereocenters. The molecule has 0 saturated carbocycles. The Morgan fingerprint density at radius 2 is 2.05 bits per heavy atom. The van der Waals surface area contributed by atoms with Crippen LogP contribution in [-0.2, 0) is 11.2 Å². The fraction of sp³-hybridized carbons (Fsp3) is 0.500. The van der Waals surface area contributed by atoms with Gasteiger partial charge >= 0.3 is 5.97 Å². The van der Waals surface area contributed by atoms with E-state index in [4.69, 9.17) is 0 Å². The zero-order chi connectivity index (χ0) is 15.6. The molecule has 1 heterocycles. The number of aryl methyl sites for hydroxylation is 1. The van der Waals surface area contributed by atoms with E-state index in [-0.39, 0.29) is 5.91 Å². The van der Waals surface area contributed by atoms with Crippen molar-refractivity contribution in [1.29, 1.82) is 0 Å². The van der Waals surface area contributed by atoms with Crippen molar-refractivity contribution < 1.29 is 14.7 Å². The molecular weight excluding hydrogens is 268 g/mol. The molecule has 1 aliphatic rings. The summed E-state index contributed by atoms with van der Waals surface area (Å²) in [7, 11) is 0. The van der Waals surface area contributed by atoms with E-state index in [1.54, 1.807) is 26.8 Å². The molecule has 1 aromatic rings. The van der Waals surface area contributed by atoms with Gasteiger partial charge in [-0.2, -0.15) is 0 Å². The summed E-state index contributed by atoms with van der Waals surface area (Å²) >= 11 is 0. The topological polar surface area (TPSA) is 78.4 Å². The van der Waals surface area contributed by atoms with Crippen molar-refractivity contribution in [2.24, 2.45) is 5.41 Å². The van der Waals surface area contributed by atoms with E-state index >= 15 is 0 Å². The van der Waals surface area contributed by atoms with Crippen LogP contribution in [0.4, 0.5) is 5.69 Å². The summed E-state index contributed by atoms with van der Waals surface area (Å²) < 4.78 is 0. The molecule has 1 amide bonds. The van der Waals surface area contributed by atoms with Crippen LogP contribution in [0.25, 0.3) is 0 Å². The summed E-state index contributed by atoms with van der Waals surface area (Å²) in [6.45, 7) is 6.33. The molecule has 0 saturated heterocycles. The van der Waals surface area contributed by atoms with Gasteiger partial charge in [0, 0.05) is 17.8 Å². The second kappa shape index (κ2) is 5.76. The number of carboxylic acids is 1. The maximum Gasteiger partial charge on any atom is 0.326 e. The van der Waals surface area contributed by atoms with Crippen LogP contribution in [0.5, 0.6) is 0 Å². The fourth-order valence-electron chi connectivity index (χ4n) is 2.48. The predicted octanol–water partition coefficient (Wildman–Crippen LogP) is 2.27. The first kappa shape index (κ1) is 15.4. The predicted molar refractivity (Wildman–Crippen MR) is 81.6 cm³/mol. The monoisotopic (exact) mass is 290 g/mol. The van der Waals surface area contributed by atoms with E-state index in [2.05, 4.69) is 10.6 Å². The quantitative estimate of drug-likeness (QED) is 0.798. The summed E-state index contributed by atoms with van der Waals surface area (Å²) in [4.78, 5) is 23.6. The molecule has 1 atom stereocenters. The first-order valence-corrected chi connectivity index (χ1v) is 7.19. The maximum atomic E-state index is 12.3. The third-order valence-electron chi connectivity index (χ3n) is 3.69. The van der Waals surface area contributed by atoms with E-state index < -0.39 is 17.4 Å². The molecule has 3 N–H and O–H groups in total. The van der Waals surface area contributed by atoms with Gasteiger partial charge in [0.1, 0.15) is 6.04 Å². The minimum Gasteiger partial charge on any atom is -0.480 e. The molecule has 0 fully saturated rings. The van der Waals surface area contributed by atoms with Gasteiger partial charge in [-0.05, 0) is 42.0 Å². The van der Waals surface area contributed by atoms with Gasteiger partial charge in [0.25, 0.3) is 5.91 Å². The molecular formula is C16H22N2O3. The average Bonchev–Trinajstić information content (AvgIpc) is 2.42. The third kappa shape index (κ3) is 3.54. The first-order valence-electron chi connectivity index (χ1n) is 7.19. The normalized spacial score (nSPS) is 15.6. The number of nitrogens with one attached hydrogen (secondary N) is 2. The number of aliphatic carboxylic acids is 1. The van der Waals surface area contributed by atoms with Crippen molar-refractivity contribution in [3.63, 3.8) is 0 Å². The number of carbonyl (C=O) groups excluding carboxylic acids is 1. The molecule has 1 aromatic carbocycles. The lowest BCUT2D eigenvalue weighted by Gasteiger charge is -2.28. The van der Waals surface area contributed by atoms with E-state index in [0.717, 1.165) is 30.6 Å². The van der Waals surface area contributed by atoms with Crippen LogP contribution >= 0.6 is 0 Å². The molecule has 1 aliphatic heterocycles. The fourth-order valence-corrected chi connectivity index (χ4v) is 2.48. The van der Waals surface area contributed by atoms with Gasteiger partial charge in [-0.15, -0.1) is 0 Å². The summed E-state index contributed by atoms with van der Waals surface area (Å²) in [6.07, 6.45) is 1.98. The minimum atomic E-state index is -1.02. The highest BCUT2D eigenvalue weighted by molar-refractivity contribution is 5.97. The average molecular weight is 290 g/mol. The van der Waals surface area contributed by atoms with Gasteiger partial charge in [0.15, 0.2) is 0 Å². The number of hydrogen-bond donors (Lipinski definition) is 3. The lowest BCUT2D eigenvalue weighted by Crippen LogP contribution is -2.49. The van der Waals surface area contributed by atoms with Crippen LogP contribution in [0.15, 0.2) is 18.2 Å². The highest BCUT2D eigenvalue weighted by Gasteiger charge is 2.32. The van der Waals surface area contributed by atoms with Crippen LogP contribution in [0.2, 0.25) is 0 Å². The molecule has 21 heavy (non-hydrogen) atoms. The Morgan fingerprint density at radius 1 is 1.33 bits per heavy atom. The van der Waals surface area contributed by atoms with E-state index in [1.807, 2.05) is 12.1 Å². The summed E-state index contributed by atoms with van der Waals surface area (Å²) in [5.74, 6) is -1.36. The van der Waals surface area contributed by atoms with E-state index in [9.17, 15) is 14.7 Å². The van der Waals surface area contributed by atoms with Crippen LogP contribution in [-0.4, -0.2) is 29.6 Å². The van der Waals surface area contributed by atoms with Crippen LogP contribution in [0.1, 0.15) is 43.1 Å². The van der Waals surface area contributed by atoms with Crippen molar-refractivity contribution in [3.8, 4) is 0 Å². The zero-order valence-electron chi connectivity index (χ0n) is 12.7. The Labute approximate surface area is 124 Å². The molecule has 5 heteroatoms. The van der Waals surface area contributed by atoms with Gasteiger partial charge in [0.05, 0.1) is 0 Å². The molecule has 0 radical (unpaired) electrons. The number of fused-ring (bicyclic) bond motifs is 1. The van der Waals surface area contributed by atoms with Crippen molar-refractivity contribution in [3.05, 3.63) is 29.3 Å². The Morgan fingerprint density at radius 3 is 2.67 bits per heavy atom. The Balaban J connectivity index is 2.18. The molecule has 0 bridgehead atoms. The lowest BCUT2D eigenvalue weighted by atomic mass is 9.86. The second-order valence-corrected chi connectivity index (χ2v) is 6.51. The Kier molecular flexibility index (Phi) is 4.21. The summed E-state index contributed by atoms with van der Waals surface area (Å²) in [5.41, 5.74) is 2.13. The first-order chi connectivity index (χ1) is 9.79. The van der Waals surface area contributed by atoms with Crippen molar-refractivity contribution in [2.45, 2.75) is 39.7 Å². The zero-order valence-corrected chi connectivity index (χ0v) is 12.7. The number of carbonyl (C=O) groups is 2. The van der Waals surface area contributed by atoms with Gasteiger partial charge in [0.2, 0.25) is 0 Å². The second-order valence-electron chi connectivity index (χ2n) is 6.51. The number of benzene rings is 1. The highest BCUT2D eigenvalue weighted by Crippen LogP contribution is 2.24. The number of hydrogen-bond acceptors (Lipinski definition) is 3. The Bertz CT molecular complexity index is 561. The number of amides is 1. The van der Waals surface area contributed by atoms with E-state index in [1.165, 1.54) is 0 Å². The minimum absolute atomic E-state index is 0.342. The highest BCUT2D eigenvalue weighted by atomic mass is 16.4. The molecule has 114 valence electrons. The van der Waals surface area contributed by atoms with Gasteiger partial charge in [-0.1, -0.05) is 20.8 Å². The lowest BCUT2D eigenvalue weighted by molar-refractivity contribution is -0.142. The van der Waals surface area contributed by atoms with Crippen molar-refractivity contribution in [2.75, 3.05) is 11.9 Å². The largest absolute Gasteiger partial charge is 0.480 e. The summed E-state index contributed by atoms with van der Waals surface area (Å²) in [5, 5.41) is 15.2. The number of rotatable bonds is 3. The molecule has 0 aliphatic carbocycles. The van der Waals surface area contributed by atoms with Crippen molar-refractivity contribution in [1.82, 2.24) is 5.32 Å². The van der Waals surface area contributed by atoms with Gasteiger partial charge in [-0.3, -0.25) is 4.79 Å². The number of carboxylic acid groups (broad SMARTS) is 1. The Hall–Kier alpha value is -2.04. The molecule has 0 spiro atoms. The van der Waals surface area contributed by atoms with Crippen LogP contribution < -0.4 is 10.6 Å². The molecule has 0 aromatic heterocycles. The maximum absolute atomic E-state index is 12.3. The van der Waals surface area contributed by atoms with Crippen LogP contribution in [0.3, 0.4) is 0 Å².